The molecule has 1 amide bonds. The third-order valence-electron chi connectivity index (χ3n) is 5.40. The van der Waals surface area contributed by atoms with E-state index in [-0.39, 0.29) is 17.8 Å². The molecular formula is C18H25N3O3. The van der Waals surface area contributed by atoms with Gasteiger partial charge in [0, 0.05) is 12.5 Å². The van der Waals surface area contributed by atoms with E-state index in [0.717, 1.165) is 30.4 Å². The molecule has 0 bridgehead atoms. The van der Waals surface area contributed by atoms with E-state index in [9.17, 15) is 9.59 Å². The van der Waals surface area contributed by atoms with Gasteiger partial charge in [0.1, 0.15) is 5.60 Å². The van der Waals surface area contributed by atoms with E-state index in [1.807, 2.05) is 25.5 Å². The first-order valence-corrected chi connectivity index (χ1v) is 8.88. The fraction of sp³-hybridized carbons (Fsp3) is 0.722. The molecule has 130 valence electrons. The molecule has 0 spiro atoms. The highest BCUT2D eigenvalue weighted by atomic mass is 16.6. The summed E-state index contributed by atoms with van der Waals surface area (Å²) in [5, 5.41) is 4.36. The number of amides is 1. The maximum absolute atomic E-state index is 12.9. The van der Waals surface area contributed by atoms with Gasteiger partial charge in [0.25, 0.3) is 0 Å². The highest BCUT2D eigenvalue weighted by Crippen LogP contribution is 2.55. The van der Waals surface area contributed by atoms with Crippen molar-refractivity contribution in [3.63, 3.8) is 0 Å². The van der Waals surface area contributed by atoms with Crippen LogP contribution in [-0.2, 0) is 17.8 Å². The molecule has 2 atom stereocenters. The van der Waals surface area contributed by atoms with Crippen LogP contribution in [0.4, 0.5) is 4.79 Å². The highest BCUT2D eigenvalue weighted by Gasteiger charge is 2.48. The Morgan fingerprint density at radius 3 is 2.54 bits per heavy atom. The number of ether oxygens (including phenoxy) is 1. The molecule has 3 aliphatic rings. The molecule has 1 aromatic heterocycles. The zero-order chi connectivity index (χ0) is 17.1. The molecule has 0 aromatic carbocycles. The lowest BCUT2D eigenvalue weighted by Crippen LogP contribution is -2.42. The minimum absolute atomic E-state index is 0.152. The van der Waals surface area contributed by atoms with Crippen LogP contribution in [0.5, 0.6) is 0 Å². The summed E-state index contributed by atoms with van der Waals surface area (Å²) >= 11 is 0. The minimum atomic E-state index is -0.516. The fourth-order valence-corrected chi connectivity index (χ4v) is 4.08. The molecule has 24 heavy (non-hydrogen) atoms. The van der Waals surface area contributed by atoms with Crippen LogP contribution in [0.2, 0.25) is 0 Å². The van der Waals surface area contributed by atoms with Crippen LogP contribution >= 0.6 is 0 Å². The predicted molar refractivity (Wildman–Crippen MR) is 87.5 cm³/mol. The summed E-state index contributed by atoms with van der Waals surface area (Å²) in [6, 6.07) is 0. The summed E-state index contributed by atoms with van der Waals surface area (Å²) in [6.45, 7) is 7.15. The number of hydrogen-bond donors (Lipinski definition) is 0. The monoisotopic (exact) mass is 331 g/mol. The lowest BCUT2D eigenvalue weighted by Gasteiger charge is -2.30. The topological polar surface area (TPSA) is 64.4 Å². The molecule has 2 saturated carbocycles. The molecule has 2 unspecified atom stereocenters. The third kappa shape index (κ3) is 2.82. The van der Waals surface area contributed by atoms with Gasteiger partial charge < -0.3 is 9.64 Å². The molecule has 2 aliphatic carbocycles. The number of hydrogen-bond acceptors (Lipinski definition) is 4. The summed E-state index contributed by atoms with van der Waals surface area (Å²) in [5.74, 6) is 1.93. The van der Waals surface area contributed by atoms with Gasteiger partial charge in [0.2, 0.25) is 0 Å². The van der Waals surface area contributed by atoms with Crippen LogP contribution in [0.15, 0.2) is 6.20 Å². The fourth-order valence-electron chi connectivity index (χ4n) is 4.08. The molecule has 1 aliphatic heterocycles. The largest absolute Gasteiger partial charge is 0.444 e. The minimum Gasteiger partial charge on any atom is -0.444 e. The van der Waals surface area contributed by atoms with Crippen molar-refractivity contribution < 1.29 is 14.3 Å². The van der Waals surface area contributed by atoms with Crippen molar-refractivity contribution in [3.8, 4) is 0 Å². The van der Waals surface area contributed by atoms with Gasteiger partial charge in [-0.05, 0) is 51.9 Å². The number of rotatable bonds is 2. The first-order chi connectivity index (χ1) is 11.3. The van der Waals surface area contributed by atoms with E-state index in [4.69, 9.17) is 4.74 Å². The van der Waals surface area contributed by atoms with E-state index in [2.05, 4.69) is 5.10 Å². The van der Waals surface area contributed by atoms with Crippen molar-refractivity contribution >= 4 is 11.9 Å². The number of carbonyl (C=O) groups excluding carboxylic acids is 2. The zero-order valence-electron chi connectivity index (χ0n) is 14.6. The molecule has 0 saturated heterocycles. The van der Waals surface area contributed by atoms with Crippen LogP contribution < -0.4 is 0 Å². The van der Waals surface area contributed by atoms with Gasteiger partial charge >= 0.3 is 6.09 Å². The zero-order valence-corrected chi connectivity index (χ0v) is 14.6. The molecular weight excluding hydrogens is 306 g/mol. The molecule has 6 nitrogen and oxygen atoms in total. The smallest absolute Gasteiger partial charge is 0.410 e. The van der Waals surface area contributed by atoms with Gasteiger partial charge in [-0.25, -0.2) is 4.79 Å². The highest BCUT2D eigenvalue weighted by molar-refractivity contribution is 5.99. The Morgan fingerprint density at radius 1 is 1.17 bits per heavy atom. The van der Waals surface area contributed by atoms with Gasteiger partial charge in [0.05, 0.1) is 30.5 Å². The number of nitrogens with zero attached hydrogens (tertiary/aromatic N) is 3. The van der Waals surface area contributed by atoms with Gasteiger partial charge in [-0.1, -0.05) is 0 Å². The van der Waals surface area contributed by atoms with Crippen molar-refractivity contribution in [1.29, 1.82) is 0 Å². The summed E-state index contributed by atoms with van der Waals surface area (Å²) in [5.41, 5.74) is 1.05. The number of Topliss-reactive ketones (excluding diaryl/α,β-unsaturated/α-hetero) is 1. The summed E-state index contributed by atoms with van der Waals surface area (Å²) in [7, 11) is 0. The maximum atomic E-state index is 12.9. The van der Waals surface area contributed by atoms with Crippen molar-refractivity contribution in [1.82, 2.24) is 14.7 Å². The average Bonchev–Trinajstić information content (AvgIpc) is 2.95. The molecule has 2 fully saturated rings. The van der Waals surface area contributed by atoms with Crippen LogP contribution in [0.25, 0.3) is 0 Å². The second-order valence-corrected chi connectivity index (χ2v) is 8.42. The van der Waals surface area contributed by atoms with Gasteiger partial charge in [0.15, 0.2) is 5.78 Å². The molecule has 4 rings (SSSR count). The van der Waals surface area contributed by atoms with E-state index >= 15 is 0 Å². The first-order valence-electron chi connectivity index (χ1n) is 8.88. The van der Waals surface area contributed by atoms with Crippen molar-refractivity contribution in [3.05, 3.63) is 17.5 Å². The molecule has 1 aromatic rings. The summed E-state index contributed by atoms with van der Waals surface area (Å²) in [4.78, 5) is 26.9. The van der Waals surface area contributed by atoms with Gasteiger partial charge in [-0.15, -0.1) is 0 Å². The maximum Gasteiger partial charge on any atom is 0.410 e. The standard InChI is InChI=1S/C18H25N3O3/c1-18(2,3)24-17(23)20-4-5-21-15(10-20)14(9-19-21)16(22)13-7-11-6-12(11)8-13/h9,11-13H,4-8,10H2,1-3H3. The molecule has 0 radical (unpaired) electrons. The Hall–Kier alpha value is -1.85. The van der Waals surface area contributed by atoms with E-state index < -0.39 is 5.60 Å². The van der Waals surface area contributed by atoms with E-state index in [1.54, 1.807) is 11.1 Å². The van der Waals surface area contributed by atoms with Gasteiger partial charge in [-0.2, -0.15) is 5.10 Å². The number of fused-ring (bicyclic) bond motifs is 2. The number of aromatic nitrogens is 2. The van der Waals surface area contributed by atoms with Crippen LogP contribution in [-0.4, -0.2) is 38.7 Å². The number of carbonyl (C=O) groups is 2. The Morgan fingerprint density at radius 2 is 1.88 bits per heavy atom. The Kier molecular flexibility index (Phi) is 3.48. The van der Waals surface area contributed by atoms with Crippen molar-refractivity contribution in [2.75, 3.05) is 6.54 Å². The Bertz CT molecular complexity index is 678. The molecule has 2 heterocycles. The second-order valence-electron chi connectivity index (χ2n) is 8.42. The quantitative estimate of drug-likeness (QED) is 0.782. The lowest BCUT2D eigenvalue weighted by atomic mass is 9.93. The predicted octanol–water partition coefficient (Wildman–Crippen LogP) is 2.86. The van der Waals surface area contributed by atoms with E-state index in [0.29, 0.717) is 25.2 Å². The van der Waals surface area contributed by atoms with Crippen molar-refractivity contribution in [2.24, 2.45) is 17.8 Å². The summed E-state index contributed by atoms with van der Waals surface area (Å²) in [6.07, 6.45) is 4.74. The number of ketones is 1. The summed E-state index contributed by atoms with van der Waals surface area (Å²) < 4.78 is 7.33. The molecule has 6 heteroatoms. The Balaban J connectivity index is 1.49. The second kappa shape index (κ2) is 5.33. The van der Waals surface area contributed by atoms with Crippen LogP contribution in [0.1, 0.15) is 56.1 Å². The SMILES string of the molecule is CC(C)(C)OC(=O)N1CCn2ncc(C(=O)C3CC4CC4C3)c2C1. The van der Waals surface area contributed by atoms with Crippen LogP contribution in [0, 0.1) is 17.8 Å². The third-order valence-corrected chi connectivity index (χ3v) is 5.40. The Labute approximate surface area is 142 Å². The van der Waals surface area contributed by atoms with Crippen molar-refractivity contribution in [2.45, 2.75) is 58.7 Å². The van der Waals surface area contributed by atoms with Gasteiger partial charge in [-0.3, -0.25) is 9.48 Å². The molecule has 0 N–H and O–H groups in total. The normalized spacial score (nSPS) is 28.3. The average molecular weight is 331 g/mol. The van der Waals surface area contributed by atoms with E-state index in [1.165, 1.54) is 6.42 Å². The lowest BCUT2D eigenvalue weighted by molar-refractivity contribution is 0.0193. The van der Waals surface area contributed by atoms with Crippen LogP contribution in [0.3, 0.4) is 0 Å². The first kappa shape index (κ1) is 15.7.